The maximum Gasteiger partial charge on any atom is 0.413 e. The molecule has 4 N–H and O–H groups in total. The van der Waals surface area contributed by atoms with E-state index in [-0.39, 0.29) is 24.2 Å². The summed E-state index contributed by atoms with van der Waals surface area (Å²) in [7, 11) is 0. The van der Waals surface area contributed by atoms with Gasteiger partial charge in [-0.3, -0.25) is 15.3 Å². The van der Waals surface area contributed by atoms with Gasteiger partial charge >= 0.3 is 12.1 Å². The zero-order valence-corrected chi connectivity index (χ0v) is 15.0. The van der Waals surface area contributed by atoms with E-state index in [0.717, 1.165) is 11.1 Å². The fourth-order valence-corrected chi connectivity index (χ4v) is 2.48. The first-order valence-corrected chi connectivity index (χ1v) is 8.59. The van der Waals surface area contributed by atoms with Gasteiger partial charge in [0.25, 0.3) is 0 Å². The molecule has 2 aromatic rings. The number of carboxylic acids is 1. The monoisotopic (exact) mass is 390 g/mol. The van der Waals surface area contributed by atoms with E-state index in [0.29, 0.717) is 12.8 Å². The molecule has 2 aromatic carbocycles. The van der Waals surface area contributed by atoms with Crippen molar-refractivity contribution in [1.29, 1.82) is 0 Å². The van der Waals surface area contributed by atoms with Crippen molar-refractivity contribution in [2.24, 2.45) is 0 Å². The Morgan fingerprint density at radius 1 is 1.00 bits per heavy atom. The molecule has 9 heteroatoms. The van der Waals surface area contributed by atoms with Crippen LogP contribution < -0.4 is 10.1 Å². The Morgan fingerprint density at radius 2 is 1.68 bits per heavy atom. The van der Waals surface area contributed by atoms with Crippen LogP contribution in [0.4, 0.5) is 4.79 Å². The summed E-state index contributed by atoms with van der Waals surface area (Å²) in [5.41, 5.74) is 1.72. The second-order valence-electron chi connectivity index (χ2n) is 5.95. The topological polar surface area (TPSA) is 129 Å². The Kier molecular flexibility index (Phi) is 8.37. The molecule has 0 spiro atoms. The zero-order valence-electron chi connectivity index (χ0n) is 15.0. The minimum absolute atomic E-state index is 0.131. The van der Waals surface area contributed by atoms with E-state index in [9.17, 15) is 14.7 Å². The first kappa shape index (κ1) is 21.3. The first-order chi connectivity index (χ1) is 13.4. The summed E-state index contributed by atoms with van der Waals surface area (Å²) in [5, 5.41) is 28.2. The van der Waals surface area contributed by atoms with Crippen LogP contribution in [0.2, 0.25) is 0 Å². The number of aryl methyl sites for hydroxylation is 1. The maximum atomic E-state index is 12.0. The number of nitrogens with one attached hydrogen (secondary N) is 1. The lowest BCUT2D eigenvalue weighted by atomic mass is 10.1. The summed E-state index contributed by atoms with van der Waals surface area (Å²) in [6.45, 7) is 0.131. The highest BCUT2D eigenvalue weighted by Gasteiger charge is 2.21. The molecule has 150 valence electrons. The summed E-state index contributed by atoms with van der Waals surface area (Å²) in [6.07, 6.45) is 0.470. The normalized spacial score (nSPS) is 11.8. The summed E-state index contributed by atoms with van der Waals surface area (Å²) in [5.74, 6) is -0.874. The Labute approximate surface area is 161 Å². The molecule has 0 aliphatic heterocycles. The Bertz CT molecular complexity index is 751. The van der Waals surface area contributed by atoms with Crippen molar-refractivity contribution in [3.8, 4) is 5.75 Å². The third-order valence-corrected chi connectivity index (χ3v) is 3.82. The van der Waals surface area contributed by atoms with Crippen LogP contribution in [0, 0.1) is 0 Å². The van der Waals surface area contributed by atoms with E-state index in [2.05, 4.69) is 10.2 Å². The lowest BCUT2D eigenvalue weighted by Crippen LogP contribution is -2.43. The van der Waals surface area contributed by atoms with Crippen LogP contribution in [-0.4, -0.2) is 45.6 Å². The van der Waals surface area contributed by atoms with Gasteiger partial charge in [-0.1, -0.05) is 42.5 Å². The third kappa shape index (κ3) is 7.72. The van der Waals surface area contributed by atoms with Gasteiger partial charge in [0.05, 0.1) is 12.0 Å². The lowest BCUT2D eigenvalue weighted by molar-refractivity contribution is -0.492. The average molecular weight is 390 g/mol. The Morgan fingerprint density at radius 3 is 2.29 bits per heavy atom. The van der Waals surface area contributed by atoms with Crippen molar-refractivity contribution in [3.05, 3.63) is 65.7 Å². The van der Waals surface area contributed by atoms with Crippen molar-refractivity contribution in [1.82, 2.24) is 10.7 Å². The molecule has 1 unspecified atom stereocenters. The van der Waals surface area contributed by atoms with E-state index >= 15 is 0 Å². The van der Waals surface area contributed by atoms with Crippen LogP contribution in [-0.2, 0) is 22.5 Å². The summed E-state index contributed by atoms with van der Waals surface area (Å²) >= 11 is 0. The summed E-state index contributed by atoms with van der Waals surface area (Å²) in [4.78, 5) is 27.9. The van der Waals surface area contributed by atoms with Gasteiger partial charge in [0.15, 0.2) is 0 Å². The van der Waals surface area contributed by atoms with Crippen molar-refractivity contribution in [2.45, 2.75) is 25.3 Å². The minimum atomic E-state index is -1.15. The molecular weight excluding hydrogens is 368 g/mol. The van der Waals surface area contributed by atoms with Crippen LogP contribution in [0.5, 0.6) is 5.75 Å². The second kappa shape index (κ2) is 11.0. The van der Waals surface area contributed by atoms with Gasteiger partial charge in [-0.25, -0.2) is 9.59 Å². The van der Waals surface area contributed by atoms with Crippen molar-refractivity contribution >= 4 is 12.1 Å². The SMILES string of the molecule is O=C(NC(Cc1ccccc1)C(=O)O)Oc1ccc(CCCON(O)O)cc1. The molecule has 0 saturated heterocycles. The van der Waals surface area contributed by atoms with E-state index in [4.69, 9.17) is 15.2 Å². The van der Waals surface area contributed by atoms with Crippen LogP contribution in [0.25, 0.3) is 0 Å². The highest BCUT2D eigenvalue weighted by atomic mass is 17.1. The number of hydrogen-bond acceptors (Lipinski definition) is 7. The molecule has 0 fully saturated rings. The third-order valence-electron chi connectivity index (χ3n) is 3.82. The molecular formula is C19H22N2O7. The molecule has 0 heterocycles. The molecule has 0 aliphatic carbocycles. The number of rotatable bonds is 10. The zero-order chi connectivity index (χ0) is 20.4. The molecule has 1 amide bonds. The Hall–Kier alpha value is -2.98. The highest BCUT2D eigenvalue weighted by molar-refractivity contribution is 5.81. The van der Waals surface area contributed by atoms with E-state index < -0.39 is 18.1 Å². The molecule has 0 aromatic heterocycles. The first-order valence-electron chi connectivity index (χ1n) is 8.59. The van der Waals surface area contributed by atoms with E-state index in [1.807, 2.05) is 6.07 Å². The van der Waals surface area contributed by atoms with Crippen LogP contribution in [0.15, 0.2) is 54.6 Å². The van der Waals surface area contributed by atoms with Gasteiger partial charge in [-0.2, -0.15) is 0 Å². The van der Waals surface area contributed by atoms with Gasteiger partial charge in [0, 0.05) is 6.42 Å². The highest BCUT2D eigenvalue weighted by Crippen LogP contribution is 2.14. The largest absolute Gasteiger partial charge is 0.480 e. The van der Waals surface area contributed by atoms with Gasteiger partial charge in [-0.05, 0) is 36.1 Å². The average Bonchev–Trinajstić information content (AvgIpc) is 2.66. The van der Waals surface area contributed by atoms with Crippen molar-refractivity contribution in [3.63, 3.8) is 0 Å². The van der Waals surface area contributed by atoms with Crippen LogP contribution in [0.3, 0.4) is 0 Å². The van der Waals surface area contributed by atoms with Crippen molar-refractivity contribution < 1.29 is 34.7 Å². The van der Waals surface area contributed by atoms with Gasteiger partial charge in [-0.15, -0.1) is 0 Å². The lowest BCUT2D eigenvalue weighted by Gasteiger charge is -2.14. The number of benzene rings is 2. The maximum absolute atomic E-state index is 12.0. The molecule has 0 saturated carbocycles. The number of carboxylic acid groups (broad SMARTS) is 1. The van der Waals surface area contributed by atoms with E-state index in [1.54, 1.807) is 48.5 Å². The van der Waals surface area contributed by atoms with Gasteiger partial charge < -0.3 is 15.2 Å². The fraction of sp³-hybridized carbons (Fsp3) is 0.263. The summed E-state index contributed by atoms with van der Waals surface area (Å²) < 4.78 is 5.13. The number of aliphatic carboxylic acids is 1. The summed E-state index contributed by atoms with van der Waals surface area (Å²) in [6, 6.07) is 14.6. The number of carbonyl (C=O) groups excluding carboxylic acids is 1. The van der Waals surface area contributed by atoms with Crippen LogP contribution >= 0.6 is 0 Å². The number of ether oxygens (including phenoxy) is 1. The van der Waals surface area contributed by atoms with Gasteiger partial charge in [0.2, 0.25) is 0 Å². The predicted molar refractivity (Wildman–Crippen MR) is 96.9 cm³/mol. The molecule has 1 atom stereocenters. The van der Waals surface area contributed by atoms with Crippen LogP contribution in [0.1, 0.15) is 17.5 Å². The standard InChI is InChI=1S/C19H22N2O7/c22-18(23)17(13-15-5-2-1-3-6-15)20-19(24)28-16-10-8-14(9-11-16)7-4-12-27-21(25)26/h1-3,5-6,8-11,17,25-26H,4,7,12-13H2,(H,20,24)(H,22,23). The second-order valence-corrected chi connectivity index (χ2v) is 5.95. The molecule has 28 heavy (non-hydrogen) atoms. The fourth-order valence-electron chi connectivity index (χ4n) is 2.48. The Balaban J connectivity index is 1.83. The molecule has 9 nitrogen and oxygen atoms in total. The minimum Gasteiger partial charge on any atom is -0.480 e. The number of nitrogens with zero attached hydrogens (tertiary/aromatic N) is 1. The number of carbonyl (C=O) groups is 2. The quantitative estimate of drug-likeness (QED) is 0.360. The predicted octanol–water partition coefficient (Wildman–Crippen LogP) is 2.42. The molecule has 0 radical (unpaired) electrons. The molecule has 0 aliphatic rings. The van der Waals surface area contributed by atoms with Gasteiger partial charge in [0.1, 0.15) is 11.8 Å². The van der Waals surface area contributed by atoms with E-state index in [1.165, 1.54) is 0 Å². The number of hydrogen-bond donors (Lipinski definition) is 4. The molecule has 2 rings (SSSR count). The molecule has 0 bridgehead atoms. The number of amides is 1. The smallest absolute Gasteiger partial charge is 0.413 e. The van der Waals surface area contributed by atoms with Crippen molar-refractivity contribution in [2.75, 3.05) is 6.61 Å².